The first-order valence-electron chi connectivity index (χ1n) is 4.19. The Morgan fingerprint density at radius 2 is 2.10 bits per heavy atom. The molecule has 0 aromatic heterocycles. The first-order chi connectivity index (χ1) is 4.80. The van der Waals surface area contributed by atoms with E-state index in [0.29, 0.717) is 6.04 Å². The molecule has 2 nitrogen and oxygen atoms in total. The van der Waals surface area contributed by atoms with Crippen molar-refractivity contribution >= 4 is 0 Å². The molecular formula is C8H20N2. The van der Waals surface area contributed by atoms with Crippen LogP contribution in [0, 0.1) is 7.05 Å². The molecule has 0 aromatic rings. The Hall–Kier alpha value is -0.0800. The van der Waals surface area contributed by atoms with Gasteiger partial charge in [0.15, 0.2) is 0 Å². The fraction of sp³-hybridized carbons (Fsp3) is 0.875. The van der Waals surface area contributed by atoms with Gasteiger partial charge in [-0.2, -0.15) is 7.05 Å². The van der Waals surface area contributed by atoms with Crippen molar-refractivity contribution in [1.29, 1.82) is 0 Å². The molecule has 0 saturated carbocycles. The number of hydrogen-bond acceptors (Lipinski definition) is 1. The maximum Gasteiger partial charge on any atom is 0.0733 e. The zero-order valence-electron chi connectivity index (χ0n) is 7.41. The highest BCUT2D eigenvalue weighted by Gasteiger charge is 2.11. The number of piperazine rings is 1. The largest absolute Gasteiger partial charge is 0.464 e. The van der Waals surface area contributed by atoms with Gasteiger partial charge in [0.05, 0.1) is 12.6 Å². The summed E-state index contributed by atoms with van der Waals surface area (Å²) in [5.74, 6) is 0. The molecule has 1 aliphatic heterocycles. The van der Waals surface area contributed by atoms with Crippen LogP contribution in [-0.4, -0.2) is 25.7 Å². The second kappa shape index (κ2) is 5.69. The molecule has 1 heterocycles. The Balaban J connectivity index is 0.000000371. The minimum Gasteiger partial charge on any atom is -0.464 e. The van der Waals surface area contributed by atoms with E-state index in [4.69, 9.17) is 0 Å². The van der Waals surface area contributed by atoms with Crippen LogP contribution in [0.5, 0.6) is 0 Å². The van der Waals surface area contributed by atoms with Crippen LogP contribution >= 0.6 is 0 Å². The molecule has 2 N–H and O–H groups in total. The van der Waals surface area contributed by atoms with Gasteiger partial charge in [0.1, 0.15) is 0 Å². The molecule has 0 aliphatic carbocycles. The Bertz CT molecular complexity index is 63.7. The summed E-state index contributed by atoms with van der Waals surface area (Å²) >= 11 is 0. The van der Waals surface area contributed by atoms with Crippen LogP contribution in [-0.2, 0) is 0 Å². The summed E-state index contributed by atoms with van der Waals surface area (Å²) in [6.07, 6.45) is 0. The summed E-state index contributed by atoms with van der Waals surface area (Å²) < 4.78 is 0. The summed E-state index contributed by atoms with van der Waals surface area (Å²) in [6.45, 7) is 9.64. The SMILES string of the molecule is CC.[CH2-][NH+]1CCNCC1C. The highest BCUT2D eigenvalue weighted by molar-refractivity contribution is 4.58. The molecular weight excluding hydrogens is 124 g/mol. The molecule has 0 aromatic carbocycles. The zero-order valence-corrected chi connectivity index (χ0v) is 7.41. The molecule has 1 rings (SSSR count). The van der Waals surface area contributed by atoms with Crippen LogP contribution in [0.2, 0.25) is 0 Å². The van der Waals surface area contributed by atoms with Crippen molar-refractivity contribution < 1.29 is 4.90 Å². The summed E-state index contributed by atoms with van der Waals surface area (Å²) in [7, 11) is 3.96. The second-order valence-corrected chi connectivity index (χ2v) is 2.51. The van der Waals surface area contributed by atoms with E-state index in [-0.39, 0.29) is 0 Å². The predicted octanol–water partition coefficient (Wildman–Crippen LogP) is -0.319. The van der Waals surface area contributed by atoms with Crippen molar-refractivity contribution in [2.75, 3.05) is 19.6 Å². The lowest BCUT2D eigenvalue weighted by atomic mass is 10.2. The highest BCUT2D eigenvalue weighted by atomic mass is 15.2. The van der Waals surface area contributed by atoms with E-state index in [1.807, 2.05) is 13.8 Å². The number of nitrogens with one attached hydrogen (secondary N) is 2. The zero-order chi connectivity index (χ0) is 7.98. The molecule has 0 spiro atoms. The van der Waals surface area contributed by atoms with E-state index in [9.17, 15) is 0 Å². The first-order valence-corrected chi connectivity index (χ1v) is 4.19. The quantitative estimate of drug-likeness (QED) is 0.446. The number of hydrogen-bond donors (Lipinski definition) is 2. The maximum absolute atomic E-state index is 3.96. The molecule has 2 unspecified atom stereocenters. The molecule has 1 saturated heterocycles. The fourth-order valence-corrected chi connectivity index (χ4v) is 0.958. The topological polar surface area (TPSA) is 16.5 Å². The van der Waals surface area contributed by atoms with Crippen molar-refractivity contribution in [2.45, 2.75) is 26.8 Å². The van der Waals surface area contributed by atoms with Crippen LogP contribution < -0.4 is 10.2 Å². The van der Waals surface area contributed by atoms with Gasteiger partial charge in [0.2, 0.25) is 0 Å². The number of quaternary nitrogens is 1. The molecule has 1 aliphatic rings. The minimum absolute atomic E-state index is 0.698. The normalized spacial score (nSPS) is 32.4. The Labute approximate surface area is 64.6 Å². The lowest BCUT2D eigenvalue weighted by molar-refractivity contribution is -0.880. The molecule has 2 atom stereocenters. The summed E-state index contributed by atoms with van der Waals surface area (Å²) in [5, 5.41) is 3.30. The van der Waals surface area contributed by atoms with E-state index in [1.165, 1.54) is 11.4 Å². The van der Waals surface area contributed by atoms with Gasteiger partial charge >= 0.3 is 0 Å². The van der Waals surface area contributed by atoms with Gasteiger partial charge in [-0.3, -0.25) is 0 Å². The van der Waals surface area contributed by atoms with Gasteiger partial charge in [-0.05, 0) is 6.92 Å². The van der Waals surface area contributed by atoms with Crippen LogP contribution in [0.4, 0.5) is 0 Å². The molecule has 2 heteroatoms. The van der Waals surface area contributed by atoms with E-state index in [2.05, 4.69) is 19.3 Å². The summed E-state index contributed by atoms with van der Waals surface area (Å²) in [6, 6.07) is 0.698. The maximum atomic E-state index is 3.96. The smallest absolute Gasteiger partial charge is 0.0733 e. The standard InChI is InChI=1S/C6H14N2.C2H6/c1-6-5-7-3-4-8(6)2;1-2/h6-8H,2-5H2,1H3;1-2H3. The molecule has 0 bridgehead atoms. The second-order valence-electron chi connectivity index (χ2n) is 2.51. The van der Waals surface area contributed by atoms with Crippen molar-refractivity contribution in [2.24, 2.45) is 0 Å². The van der Waals surface area contributed by atoms with Crippen LogP contribution in [0.15, 0.2) is 0 Å². The molecule has 10 heavy (non-hydrogen) atoms. The van der Waals surface area contributed by atoms with Crippen molar-refractivity contribution in [3.63, 3.8) is 0 Å². The Morgan fingerprint density at radius 1 is 1.50 bits per heavy atom. The van der Waals surface area contributed by atoms with Crippen LogP contribution in [0.3, 0.4) is 0 Å². The average Bonchev–Trinajstić information content (AvgIpc) is 2.00. The van der Waals surface area contributed by atoms with E-state index in [1.54, 1.807) is 0 Å². The van der Waals surface area contributed by atoms with Gasteiger partial charge in [0, 0.05) is 13.1 Å². The lowest BCUT2D eigenvalue weighted by Gasteiger charge is -2.32. The van der Waals surface area contributed by atoms with Crippen molar-refractivity contribution in [3.8, 4) is 0 Å². The summed E-state index contributed by atoms with van der Waals surface area (Å²) in [5.41, 5.74) is 0. The van der Waals surface area contributed by atoms with Gasteiger partial charge in [-0.1, -0.05) is 13.8 Å². The van der Waals surface area contributed by atoms with E-state index >= 15 is 0 Å². The Kier molecular flexibility index (Phi) is 5.64. The lowest BCUT2D eigenvalue weighted by Crippen LogP contribution is -3.13. The molecule has 1 fully saturated rings. The van der Waals surface area contributed by atoms with Crippen LogP contribution in [0.1, 0.15) is 20.8 Å². The fourth-order valence-electron chi connectivity index (χ4n) is 0.958. The van der Waals surface area contributed by atoms with E-state index < -0.39 is 0 Å². The third kappa shape index (κ3) is 3.18. The van der Waals surface area contributed by atoms with Gasteiger partial charge in [-0.15, -0.1) is 0 Å². The first kappa shape index (κ1) is 9.92. The highest BCUT2D eigenvalue weighted by Crippen LogP contribution is 1.74. The summed E-state index contributed by atoms with van der Waals surface area (Å²) in [4.78, 5) is 1.41. The average molecular weight is 144 g/mol. The van der Waals surface area contributed by atoms with Gasteiger partial charge < -0.3 is 10.2 Å². The third-order valence-electron chi connectivity index (χ3n) is 1.77. The van der Waals surface area contributed by atoms with Crippen molar-refractivity contribution in [1.82, 2.24) is 5.32 Å². The van der Waals surface area contributed by atoms with Crippen LogP contribution in [0.25, 0.3) is 0 Å². The van der Waals surface area contributed by atoms with Gasteiger partial charge in [-0.25, -0.2) is 0 Å². The predicted molar refractivity (Wildman–Crippen MR) is 44.9 cm³/mol. The third-order valence-corrected chi connectivity index (χ3v) is 1.77. The molecule has 62 valence electrons. The Morgan fingerprint density at radius 3 is 2.40 bits per heavy atom. The van der Waals surface area contributed by atoms with Crippen molar-refractivity contribution in [3.05, 3.63) is 7.05 Å². The monoisotopic (exact) mass is 144 g/mol. The minimum atomic E-state index is 0.698. The van der Waals surface area contributed by atoms with Gasteiger partial charge in [0.25, 0.3) is 0 Å². The molecule has 0 amide bonds. The number of rotatable bonds is 0. The van der Waals surface area contributed by atoms with E-state index in [0.717, 1.165) is 13.1 Å². The molecule has 0 radical (unpaired) electrons.